The van der Waals surface area contributed by atoms with E-state index in [-0.39, 0.29) is 34.8 Å². The van der Waals surface area contributed by atoms with E-state index in [0.29, 0.717) is 11.1 Å². The number of rotatable bonds is 6. The van der Waals surface area contributed by atoms with Gasteiger partial charge in [0.2, 0.25) is 0 Å². The van der Waals surface area contributed by atoms with Gasteiger partial charge in [-0.3, -0.25) is 0 Å². The van der Waals surface area contributed by atoms with E-state index in [9.17, 15) is 24.9 Å². The first-order chi connectivity index (χ1) is 16.7. The number of carbonyl (C=O) groups is 2. The van der Waals surface area contributed by atoms with Crippen molar-refractivity contribution in [1.29, 1.82) is 0 Å². The zero-order chi connectivity index (χ0) is 25.7. The maximum Gasteiger partial charge on any atom is 0.339 e. The smallest absolute Gasteiger partial charge is 0.339 e. The van der Waals surface area contributed by atoms with E-state index in [1.54, 1.807) is 12.1 Å². The Labute approximate surface area is 202 Å². The van der Waals surface area contributed by atoms with Crippen LogP contribution in [-0.2, 0) is 6.42 Å². The Kier molecular flexibility index (Phi) is 7.61. The molecule has 7 heteroatoms. The summed E-state index contributed by atoms with van der Waals surface area (Å²) in [4.78, 5) is 23.9. The lowest BCUT2D eigenvalue weighted by Crippen LogP contribution is -2.08. The molecular weight excluding hydrogens is 448 g/mol. The average Bonchev–Trinajstić information content (AvgIpc) is 2.82. The normalized spacial score (nSPS) is 10.4. The molecule has 2 N–H and O–H groups in total. The van der Waals surface area contributed by atoms with Crippen LogP contribution in [0.1, 0.15) is 38.8 Å². The molecule has 0 aromatic heterocycles. The molecule has 0 saturated carbocycles. The molecule has 7 nitrogen and oxygen atoms in total. The second kappa shape index (κ2) is 10.6. The summed E-state index contributed by atoms with van der Waals surface area (Å²) in [6, 6.07) is 18.1. The second-order valence-corrected chi connectivity index (χ2v) is 7.80. The molecule has 0 amide bonds. The largest absolute Gasteiger partial charge is 0.876 e. The van der Waals surface area contributed by atoms with Crippen molar-refractivity contribution in [1.82, 2.24) is 0 Å². The van der Waals surface area contributed by atoms with Crippen LogP contribution in [0.3, 0.4) is 0 Å². The Balaban J connectivity index is 0.000000795. The van der Waals surface area contributed by atoms with E-state index in [2.05, 4.69) is 6.58 Å². The van der Waals surface area contributed by atoms with Crippen molar-refractivity contribution < 1.29 is 34.4 Å². The van der Waals surface area contributed by atoms with Crippen molar-refractivity contribution in [2.45, 2.75) is 13.3 Å². The molecule has 0 fully saturated rings. The maximum absolute atomic E-state index is 11.9. The number of hydrogen-bond acceptors (Lipinski definition) is 5. The maximum atomic E-state index is 11.9. The molecule has 0 aliphatic carbocycles. The molecule has 0 heterocycles. The number of carboxylic acids is 2. The van der Waals surface area contributed by atoms with Crippen molar-refractivity contribution >= 4 is 33.5 Å². The van der Waals surface area contributed by atoms with Crippen LogP contribution in [0.4, 0.5) is 0 Å². The number of methoxy groups -OCH3 is 2. The van der Waals surface area contributed by atoms with Gasteiger partial charge in [-0.2, -0.15) is 0 Å². The monoisotopic (exact) mass is 473 g/mol. The molecule has 0 aliphatic heterocycles. The summed E-state index contributed by atoms with van der Waals surface area (Å²) in [6.45, 7) is 4.42. The number of aromatic carboxylic acids is 2. The third kappa shape index (κ3) is 5.19. The zero-order valence-electron chi connectivity index (χ0n) is 19.6. The van der Waals surface area contributed by atoms with Gasteiger partial charge >= 0.3 is 11.9 Å². The quantitative estimate of drug-likeness (QED) is 0.384. The number of hydrogen-bond donors (Lipinski definition) is 2. The van der Waals surface area contributed by atoms with Gasteiger partial charge < -0.3 is 24.8 Å². The van der Waals surface area contributed by atoms with Crippen LogP contribution in [0.25, 0.3) is 21.5 Å². The van der Waals surface area contributed by atoms with Gasteiger partial charge in [-0.25, -0.2) is 9.59 Å². The number of carboxylic acid groups (broad SMARTS) is 2. The predicted octanol–water partition coefficient (Wildman–Crippen LogP) is 4.88. The topological polar surface area (TPSA) is 116 Å². The van der Waals surface area contributed by atoms with Crippen LogP contribution in [0.15, 0.2) is 73.0 Å². The van der Waals surface area contributed by atoms with Crippen molar-refractivity contribution in [3.8, 4) is 11.5 Å². The van der Waals surface area contributed by atoms with Gasteiger partial charge in [0.15, 0.2) is 0 Å². The lowest BCUT2D eigenvalue weighted by molar-refractivity contribution is -0.300. The van der Waals surface area contributed by atoms with E-state index in [4.69, 9.17) is 9.47 Å². The molecule has 0 atom stereocenters. The molecule has 0 radical (unpaired) electrons. The molecule has 0 saturated heterocycles. The van der Waals surface area contributed by atoms with Crippen LogP contribution in [-0.4, -0.2) is 36.4 Å². The Morgan fingerprint density at radius 1 is 0.800 bits per heavy atom. The van der Waals surface area contributed by atoms with Crippen molar-refractivity contribution in [2.75, 3.05) is 14.2 Å². The van der Waals surface area contributed by atoms with Crippen LogP contribution < -0.4 is 14.6 Å². The number of ether oxygens (including phenoxy) is 2. The van der Waals surface area contributed by atoms with E-state index in [1.165, 1.54) is 21.1 Å². The van der Waals surface area contributed by atoms with Gasteiger partial charge in [-0.15, -0.1) is 12.3 Å². The van der Waals surface area contributed by atoms with Crippen LogP contribution in [0, 0.1) is 0 Å². The van der Waals surface area contributed by atoms with Gasteiger partial charge in [-0.05, 0) is 33.7 Å². The molecule has 4 aromatic rings. The first-order valence-corrected chi connectivity index (χ1v) is 10.7. The summed E-state index contributed by atoms with van der Waals surface area (Å²) in [6.07, 6.45) is 0.232. The fraction of sp³-hybridized carbons (Fsp3) is 0.143. The molecule has 4 aromatic carbocycles. The van der Waals surface area contributed by atoms with Gasteiger partial charge in [0.05, 0.1) is 14.2 Å². The average molecular weight is 474 g/mol. The minimum Gasteiger partial charge on any atom is -0.876 e. The first kappa shape index (κ1) is 25.1. The summed E-state index contributed by atoms with van der Waals surface area (Å²) in [5, 5.41) is 32.0. The number of benzene rings is 4. The molecule has 4 rings (SSSR count). The van der Waals surface area contributed by atoms with Gasteiger partial charge in [0.25, 0.3) is 0 Å². The molecule has 180 valence electrons. The highest BCUT2D eigenvalue weighted by molar-refractivity contribution is 6.02. The summed E-state index contributed by atoms with van der Waals surface area (Å²) >= 11 is 0. The highest BCUT2D eigenvalue weighted by Gasteiger charge is 2.24. The lowest BCUT2D eigenvalue weighted by Gasteiger charge is -2.19. The van der Waals surface area contributed by atoms with Crippen LogP contribution in [0.5, 0.6) is 11.5 Å². The predicted molar refractivity (Wildman–Crippen MR) is 133 cm³/mol. The summed E-state index contributed by atoms with van der Waals surface area (Å²) < 4.78 is 11.1. The van der Waals surface area contributed by atoms with E-state index in [1.807, 2.05) is 48.5 Å². The molecular formula is C28H25O7-. The molecule has 0 spiro atoms. The highest BCUT2D eigenvalue weighted by Crippen LogP contribution is 2.39. The lowest BCUT2D eigenvalue weighted by atomic mass is 9.90. The van der Waals surface area contributed by atoms with E-state index in [0.717, 1.165) is 21.5 Å². The zero-order valence-corrected chi connectivity index (χ0v) is 19.6. The Morgan fingerprint density at radius 2 is 1.14 bits per heavy atom. The van der Waals surface area contributed by atoms with Crippen LogP contribution >= 0.6 is 0 Å². The summed E-state index contributed by atoms with van der Waals surface area (Å²) in [5.74, 6) is -1.78. The standard InChI is InChI=1S/C25H20O6.C3H6O/c1-30-22-18(16-9-5-3-7-14(16)11-20(22)24(26)27)13-19-17-10-6-4-8-15(17)12-21(25(28)29)23(19)31-2;1-3(2)4/h3-12H,13H2,1-2H3,(H,26,27)(H,28,29);4H,1H2,2H3/p-1. The fourth-order valence-electron chi connectivity index (χ4n) is 4.12. The SMILES string of the molecule is C=C(C)[O-].COc1c(C(=O)O)cc2ccccc2c1Cc1c(OC)c(C(=O)O)cc2ccccc12. The van der Waals surface area contributed by atoms with E-state index >= 15 is 0 Å². The molecule has 35 heavy (non-hydrogen) atoms. The minimum atomic E-state index is -1.10. The summed E-state index contributed by atoms with van der Waals surface area (Å²) in [7, 11) is 2.87. The van der Waals surface area contributed by atoms with Crippen molar-refractivity contribution in [2.24, 2.45) is 0 Å². The minimum absolute atomic E-state index is 0.0499. The highest BCUT2D eigenvalue weighted by atomic mass is 16.5. The molecule has 0 unspecified atom stereocenters. The van der Waals surface area contributed by atoms with Gasteiger partial charge in [0.1, 0.15) is 22.6 Å². The van der Waals surface area contributed by atoms with Crippen LogP contribution in [0.2, 0.25) is 0 Å². The summed E-state index contributed by atoms with van der Waals surface area (Å²) in [5.41, 5.74) is 1.41. The number of allylic oxidation sites excluding steroid dienone is 1. The first-order valence-electron chi connectivity index (χ1n) is 10.7. The van der Waals surface area contributed by atoms with Crippen molar-refractivity contribution in [3.05, 3.63) is 95.3 Å². The Bertz CT molecular complexity index is 1330. The second-order valence-electron chi connectivity index (χ2n) is 7.80. The molecule has 0 aliphatic rings. The Hall–Kier alpha value is -4.52. The fourth-order valence-corrected chi connectivity index (χ4v) is 4.12. The van der Waals surface area contributed by atoms with E-state index < -0.39 is 11.9 Å². The van der Waals surface area contributed by atoms with Gasteiger partial charge in [-0.1, -0.05) is 55.5 Å². The third-order valence-electron chi connectivity index (χ3n) is 5.43. The third-order valence-corrected chi connectivity index (χ3v) is 5.43. The van der Waals surface area contributed by atoms with Gasteiger partial charge in [0, 0.05) is 17.5 Å². The van der Waals surface area contributed by atoms with Crippen molar-refractivity contribution in [3.63, 3.8) is 0 Å². The molecule has 0 bridgehead atoms. The Morgan fingerprint density at radius 3 is 1.46 bits per heavy atom. The number of fused-ring (bicyclic) bond motifs is 2.